The molecule has 296 valence electrons. The van der Waals surface area contributed by atoms with Crippen molar-refractivity contribution < 1.29 is 52.1 Å². The van der Waals surface area contributed by atoms with Crippen LogP contribution in [0.25, 0.3) is 0 Å². The van der Waals surface area contributed by atoms with E-state index < -0.39 is 5.60 Å². The molecule has 12 heteroatoms. The second-order valence-electron chi connectivity index (χ2n) is 11.5. The molecule has 0 bridgehead atoms. The number of hydrogen-bond acceptors (Lipinski definition) is 12. The first-order valence-corrected chi connectivity index (χ1v) is 18.7. The van der Waals surface area contributed by atoms with Gasteiger partial charge in [0.05, 0.1) is 139 Å². The van der Waals surface area contributed by atoms with Crippen LogP contribution < -0.4 is 5.73 Å². The normalized spacial score (nSPS) is 11.7. The van der Waals surface area contributed by atoms with E-state index in [0.29, 0.717) is 145 Å². The molecule has 0 aliphatic heterocycles. The van der Waals surface area contributed by atoms with Crippen molar-refractivity contribution >= 4 is 0 Å². The molecule has 53 heavy (non-hydrogen) atoms. The molecule has 0 amide bonds. The van der Waals surface area contributed by atoms with E-state index in [1.807, 2.05) is 54.6 Å². The Morgan fingerprint density at radius 1 is 0.283 bits per heavy atom. The number of rotatable bonds is 36. The fourth-order valence-corrected chi connectivity index (χ4v) is 5.19. The number of benzene rings is 3. The lowest BCUT2D eigenvalue weighted by atomic mass is 9.80. The van der Waals surface area contributed by atoms with E-state index in [2.05, 4.69) is 36.4 Å². The summed E-state index contributed by atoms with van der Waals surface area (Å²) >= 11 is 0. The van der Waals surface area contributed by atoms with Gasteiger partial charge in [-0.05, 0) is 16.7 Å². The highest BCUT2D eigenvalue weighted by Gasteiger charge is 2.37. The van der Waals surface area contributed by atoms with E-state index in [-0.39, 0.29) is 0 Å². The Hall–Kier alpha value is -2.82. The Labute approximate surface area is 316 Å². The minimum atomic E-state index is -0.751. The second-order valence-corrected chi connectivity index (χ2v) is 11.5. The van der Waals surface area contributed by atoms with Crippen LogP contribution in [0.2, 0.25) is 0 Å². The van der Waals surface area contributed by atoms with E-state index in [9.17, 15) is 0 Å². The van der Waals surface area contributed by atoms with Crippen LogP contribution in [0.15, 0.2) is 91.0 Å². The lowest BCUT2D eigenvalue weighted by Crippen LogP contribution is -2.34. The zero-order chi connectivity index (χ0) is 37.2. The fourth-order valence-electron chi connectivity index (χ4n) is 5.19. The van der Waals surface area contributed by atoms with Gasteiger partial charge in [-0.3, -0.25) is 0 Å². The molecule has 3 aromatic rings. The van der Waals surface area contributed by atoms with Crippen LogP contribution in [0.4, 0.5) is 0 Å². The molecule has 3 aromatic carbocycles. The quantitative estimate of drug-likeness (QED) is 0.0680. The third-order valence-electron chi connectivity index (χ3n) is 7.70. The van der Waals surface area contributed by atoms with Gasteiger partial charge < -0.3 is 57.8 Å². The Balaban J connectivity index is 1.07. The van der Waals surface area contributed by atoms with Gasteiger partial charge in [-0.15, -0.1) is 0 Å². The van der Waals surface area contributed by atoms with Gasteiger partial charge in [0.2, 0.25) is 0 Å². The van der Waals surface area contributed by atoms with Crippen LogP contribution in [0.3, 0.4) is 0 Å². The highest BCUT2D eigenvalue weighted by Crippen LogP contribution is 2.40. The lowest BCUT2D eigenvalue weighted by Gasteiger charge is -2.36. The molecule has 0 saturated carbocycles. The molecule has 0 spiro atoms. The van der Waals surface area contributed by atoms with E-state index in [0.717, 1.165) is 16.7 Å². The molecule has 0 heterocycles. The first kappa shape index (κ1) is 44.6. The predicted octanol–water partition coefficient (Wildman–Crippen LogP) is 4.12. The molecule has 0 unspecified atom stereocenters. The average Bonchev–Trinajstić information content (AvgIpc) is 3.21. The van der Waals surface area contributed by atoms with Gasteiger partial charge in [0.1, 0.15) is 5.60 Å². The Bertz CT molecular complexity index is 1110. The van der Waals surface area contributed by atoms with Gasteiger partial charge in [-0.2, -0.15) is 0 Å². The Morgan fingerprint density at radius 2 is 0.491 bits per heavy atom. The van der Waals surface area contributed by atoms with E-state index in [1.54, 1.807) is 0 Å². The lowest BCUT2D eigenvalue weighted by molar-refractivity contribution is -0.0399. The number of ether oxygens (including phenoxy) is 11. The van der Waals surface area contributed by atoms with Crippen molar-refractivity contribution in [2.45, 2.75) is 5.60 Å². The summed E-state index contributed by atoms with van der Waals surface area (Å²) in [6.45, 7) is 11.1. The standard InChI is InChI=1S/C41H61NO11/c42-16-17-43-18-19-44-20-21-45-22-23-46-24-25-47-26-27-48-28-29-49-30-31-50-32-33-51-34-35-52-36-37-53-41(38-10-4-1-5-11-38,39-12-6-2-7-13-39)40-14-8-3-9-15-40/h1-15H,16-37,42H2. The summed E-state index contributed by atoms with van der Waals surface area (Å²) in [5.41, 5.74) is 7.79. The maximum Gasteiger partial charge on any atom is 0.143 e. The van der Waals surface area contributed by atoms with Gasteiger partial charge in [0.25, 0.3) is 0 Å². The largest absolute Gasteiger partial charge is 0.378 e. The Morgan fingerprint density at radius 3 is 0.717 bits per heavy atom. The first-order valence-electron chi connectivity index (χ1n) is 18.7. The smallest absolute Gasteiger partial charge is 0.143 e. The van der Waals surface area contributed by atoms with Crippen molar-refractivity contribution in [1.82, 2.24) is 0 Å². The van der Waals surface area contributed by atoms with Crippen LogP contribution >= 0.6 is 0 Å². The molecule has 3 rings (SSSR count). The summed E-state index contributed by atoms with van der Waals surface area (Å²) in [5, 5.41) is 0. The minimum Gasteiger partial charge on any atom is -0.378 e. The number of hydrogen-bond donors (Lipinski definition) is 1. The van der Waals surface area contributed by atoms with Gasteiger partial charge in [0, 0.05) is 6.54 Å². The first-order chi connectivity index (χ1) is 26.4. The van der Waals surface area contributed by atoms with Crippen LogP contribution in [0, 0.1) is 0 Å². The maximum atomic E-state index is 6.73. The number of nitrogens with two attached hydrogens (primary N) is 1. The van der Waals surface area contributed by atoms with Gasteiger partial charge in [-0.1, -0.05) is 91.0 Å². The van der Waals surface area contributed by atoms with E-state index >= 15 is 0 Å². The van der Waals surface area contributed by atoms with Gasteiger partial charge in [-0.25, -0.2) is 0 Å². The fraction of sp³-hybridized carbons (Fsp3) is 0.561. The molecular weight excluding hydrogens is 682 g/mol. The van der Waals surface area contributed by atoms with Crippen molar-refractivity contribution in [2.24, 2.45) is 5.73 Å². The molecule has 0 fully saturated rings. The molecule has 12 nitrogen and oxygen atoms in total. The second kappa shape index (κ2) is 31.5. The Kier molecular flexibility index (Phi) is 26.5. The molecule has 0 radical (unpaired) electrons. The summed E-state index contributed by atoms with van der Waals surface area (Å²) in [7, 11) is 0. The topological polar surface area (TPSA) is 128 Å². The van der Waals surface area contributed by atoms with Crippen LogP contribution in [0.5, 0.6) is 0 Å². The van der Waals surface area contributed by atoms with Crippen LogP contribution in [-0.4, -0.2) is 145 Å². The summed E-state index contributed by atoms with van der Waals surface area (Å²) in [6, 6.07) is 31.0. The predicted molar refractivity (Wildman–Crippen MR) is 202 cm³/mol. The van der Waals surface area contributed by atoms with E-state index in [4.69, 9.17) is 57.8 Å². The molecule has 0 aliphatic rings. The van der Waals surface area contributed by atoms with Gasteiger partial charge >= 0.3 is 0 Å². The van der Waals surface area contributed by atoms with Crippen molar-refractivity contribution in [3.05, 3.63) is 108 Å². The molecule has 0 aliphatic carbocycles. The summed E-state index contributed by atoms with van der Waals surface area (Å²) in [5.74, 6) is 0. The molecule has 0 saturated heterocycles. The zero-order valence-electron chi connectivity index (χ0n) is 31.3. The SMILES string of the molecule is NCCOCCOCCOCCOCCOCCOCCOCCOCCOCCOCCOC(c1ccccc1)(c1ccccc1)c1ccccc1. The average molecular weight is 744 g/mol. The van der Waals surface area contributed by atoms with Gasteiger partial charge in [0.15, 0.2) is 0 Å². The summed E-state index contributed by atoms with van der Waals surface area (Å²) < 4.78 is 61.9. The van der Waals surface area contributed by atoms with Crippen LogP contribution in [0.1, 0.15) is 16.7 Å². The molecule has 0 atom stereocenters. The minimum absolute atomic E-state index is 0.416. The third kappa shape index (κ3) is 19.9. The highest BCUT2D eigenvalue weighted by atomic mass is 16.6. The molecule has 2 N–H and O–H groups in total. The third-order valence-corrected chi connectivity index (χ3v) is 7.70. The zero-order valence-corrected chi connectivity index (χ0v) is 31.3. The van der Waals surface area contributed by atoms with E-state index in [1.165, 1.54) is 0 Å². The summed E-state index contributed by atoms with van der Waals surface area (Å²) in [4.78, 5) is 0. The van der Waals surface area contributed by atoms with Crippen molar-refractivity contribution in [3.63, 3.8) is 0 Å². The molecule has 0 aromatic heterocycles. The van der Waals surface area contributed by atoms with Crippen LogP contribution in [-0.2, 0) is 57.7 Å². The monoisotopic (exact) mass is 743 g/mol. The van der Waals surface area contributed by atoms with Crippen molar-refractivity contribution in [1.29, 1.82) is 0 Å². The maximum absolute atomic E-state index is 6.73. The van der Waals surface area contributed by atoms with Crippen molar-refractivity contribution in [2.75, 3.05) is 145 Å². The highest BCUT2D eigenvalue weighted by molar-refractivity contribution is 5.47. The molecular formula is C41H61NO11. The van der Waals surface area contributed by atoms with Crippen molar-refractivity contribution in [3.8, 4) is 0 Å². The summed E-state index contributed by atoms with van der Waals surface area (Å²) in [6.07, 6.45) is 0.